The molecule has 2 rings (SSSR count). The lowest BCUT2D eigenvalue weighted by molar-refractivity contribution is 0.496. The molecule has 0 fully saturated rings. The molecule has 0 aromatic heterocycles. The first-order chi connectivity index (χ1) is 9.49. The van der Waals surface area contributed by atoms with E-state index in [0.717, 1.165) is 30.3 Å². The molecule has 106 valence electrons. The van der Waals surface area contributed by atoms with Crippen LogP contribution in [0, 0.1) is 23.3 Å². The third-order valence-corrected chi connectivity index (χ3v) is 2.91. The molecule has 1 unspecified atom stereocenters. The summed E-state index contributed by atoms with van der Waals surface area (Å²) < 4.78 is 52.3. The summed E-state index contributed by atoms with van der Waals surface area (Å²) in [6.45, 7) is 0. The number of nitrogens with two attached hydrogens (primary N) is 1. The molecule has 0 bridgehead atoms. The van der Waals surface area contributed by atoms with Gasteiger partial charge >= 0.3 is 0 Å². The summed E-state index contributed by atoms with van der Waals surface area (Å²) in [7, 11) is 0. The van der Waals surface area contributed by atoms with Gasteiger partial charge in [-0.3, -0.25) is 11.3 Å². The van der Waals surface area contributed by atoms with Crippen LogP contribution in [0.5, 0.6) is 0 Å². The van der Waals surface area contributed by atoms with Gasteiger partial charge in [-0.2, -0.15) is 0 Å². The van der Waals surface area contributed by atoms with Crippen LogP contribution in [0.15, 0.2) is 36.4 Å². The zero-order valence-corrected chi connectivity index (χ0v) is 10.3. The van der Waals surface area contributed by atoms with Crippen LogP contribution in [0.25, 0.3) is 0 Å². The molecule has 0 saturated heterocycles. The fourth-order valence-corrected chi connectivity index (χ4v) is 1.97. The fourth-order valence-electron chi connectivity index (χ4n) is 1.97. The smallest absolute Gasteiger partial charge is 0.159 e. The van der Waals surface area contributed by atoms with Gasteiger partial charge in [-0.25, -0.2) is 17.6 Å². The molecule has 0 aliphatic carbocycles. The van der Waals surface area contributed by atoms with Crippen LogP contribution in [0.4, 0.5) is 17.6 Å². The number of halogens is 4. The summed E-state index contributed by atoms with van der Waals surface area (Å²) in [5.41, 5.74) is 3.16. The average molecular weight is 284 g/mol. The van der Waals surface area contributed by atoms with Crippen LogP contribution < -0.4 is 11.3 Å². The van der Waals surface area contributed by atoms with E-state index < -0.39 is 29.3 Å². The Morgan fingerprint density at radius 1 is 0.900 bits per heavy atom. The zero-order chi connectivity index (χ0) is 14.7. The SMILES string of the molecule is NNC(Cc1cc(F)cc(F)c1)c1ccc(F)c(F)c1. The lowest BCUT2D eigenvalue weighted by Crippen LogP contribution is -2.29. The van der Waals surface area contributed by atoms with Crippen LogP contribution in [0.1, 0.15) is 17.2 Å². The minimum Gasteiger partial charge on any atom is -0.271 e. The Morgan fingerprint density at radius 2 is 1.55 bits per heavy atom. The fraction of sp³-hybridized carbons (Fsp3) is 0.143. The van der Waals surface area contributed by atoms with Crippen LogP contribution >= 0.6 is 0 Å². The minimum absolute atomic E-state index is 0.135. The first-order valence-corrected chi connectivity index (χ1v) is 5.85. The third-order valence-electron chi connectivity index (χ3n) is 2.91. The van der Waals surface area contributed by atoms with Gasteiger partial charge in [-0.05, 0) is 41.8 Å². The summed E-state index contributed by atoms with van der Waals surface area (Å²) in [6.07, 6.45) is 0.135. The van der Waals surface area contributed by atoms with Crippen molar-refractivity contribution in [3.8, 4) is 0 Å². The molecule has 0 radical (unpaired) electrons. The van der Waals surface area contributed by atoms with Crippen molar-refractivity contribution in [2.45, 2.75) is 12.5 Å². The molecule has 0 heterocycles. The highest BCUT2D eigenvalue weighted by molar-refractivity contribution is 5.25. The lowest BCUT2D eigenvalue weighted by atomic mass is 9.99. The molecule has 1 atom stereocenters. The van der Waals surface area contributed by atoms with Crippen molar-refractivity contribution in [3.63, 3.8) is 0 Å². The Labute approximate surface area is 113 Å². The molecule has 0 aliphatic rings. The van der Waals surface area contributed by atoms with E-state index in [0.29, 0.717) is 11.1 Å². The van der Waals surface area contributed by atoms with Crippen LogP contribution in [-0.2, 0) is 6.42 Å². The Hall–Kier alpha value is -1.92. The first kappa shape index (κ1) is 14.5. The highest BCUT2D eigenvalue weighted by atomic mass is 19.2. The van der Waals surface area contributed by atoms with Crippen molar-refractivity contribution in [1.82, 2.24) is 5.43 Å². The number of hydrogen-bond donors (Lipinski definition) is 2. The first-order valence-electron chi connectivity index (χ1n) is 5.85. The van der Waals surface area contributed by atoms with Crippen molar-refractivity contribution in [3.05, 3.63) is 70.8 Å². The second kappa shape index (κ2) is 6.02. The summed E-state index contributed by atoms with van der Waals surface area (Å²) in [6, 6.07) is 5.81. The highest BCUT2D eigenvalue weighted by Crippen LogP contribution is 2.21. The topological polar surface area (TPSA) is 38.0 Å². The highest BCUT2D eigenvalue weighted by Gasteiger charge is 2.14. The summed E-state index contributed by atoms with van der Waals surface area (Å²) >= 11 is 0. The number of hydrazine groups is 1. The minimum atomic E-state index is -1.01. The van der Waals surface area contributed by atoms with E-state index >= 15 is 0 Å². The molecule has 0 saturated carbocycles. The summed E-state index contributed by atoms with van der Waals surface area (Å²) in [5.74, 6) is 1.97. The number of hydrogen-bond acceptors (Lipinski definition) is 2. The molecule has 0 amide bonds. The Morgan fingerprint density at radius 3 is 2.10 bits per heavy atom. The van der Waals surface area contributed by atoms with Crippen molar-refractivity contribution in [1.29, 1.82) is 0 Å². The molecule has 2 aromatic rings. The lowest BCUT2D eigenvalue weighted by Gasteiger charge is -2.17. The van der Waals surface area contributed by atoms with Crippen LogP contribution in [0.3, 0.4) is 0 Å². The van der Waals surface area contributed by atoms with Gasteiger partial charge in [0, 0.05) is 6.07 Å². The summed E-state index contributed by atoms with van der Waals surface area (Å²) in [4.78, 5) is 0. The van der Waals surface area contributed by atoms with Gasteiger partial charge in [0.15, 0.2) is 11.6 Å². The largest absolute Gasteiger partial charge is 0.271 e. The van der Waals surface area contributed by atoms with E-state index in [1.54, 1.807) is 0 Å². The average Bonchev–Trinajstić information content (AvgIpc) is 2.38. The maximum absolute atomic E-state index is 13.2. The van der Waals surface area contributed by atoms with E-state index in [2.05, 4.69) is 5.43 Å². The van der Waals surface area contributed by atoms with E-state index in [1.807, 2.05) is 0 Å². The van der Waals surface area contributed by atoms with Crippen molar-refractivity contribution >= 4 is 0 Å². The second-order valence-corrected chi connectivity index (χ2v) is 4.37. The normalized spacial score (nSPS) is 12.4. The molecule has 2 nitrogen and oxygen atoms in total. The Kier molecular flexibility index (Phi) is 4.36. The van der Waals surface area contributed by atoms with Gasteiger partial charge in [0.05, 0.1) is 6.04 Å². The van der Waals surface area contributed by atoms with E-state index in [9.17, 15) is 17.6 Å². The standard InChI is InChI=1S/C14H12F4N2/c15-10-3-8(4-11(16)7-10)5-14(20-19)9-1-2-12(17)13(18)6-9/h1-4,6-7,14,20H,5,19H2. The molecule has 3 N–H and O–H groups in total. The van der Waals surface area contributed by atoms with E-state index in [1.165, 1.54) is 6.07 Å². The molecule has 0 spiro atoms. The third kappa shape index (κ3) is 3.34. The molecular formula is C14H12F4N2. The Bertz CT molecular complexity index is 596. The monoisotopic (exact) mass is 284 g/mol. The molecule has 0 aliphatic heterocycles. The number of benzene rings is 2. The van der Waals surface area contributed by atoms with Gasteiger partial charge < -0.3 is 0 Å². The predicted molar refractivity (Wildman–Crippen MR) is 66.5 cm³/mol. The molecule has 2 aromatic carbocycles. The van der Waals surface area contributed by atoms with E-state index in [4.69, 9.17) is 5.84 Å². The quantitative estimate of drug-likeness (QED) is 0.514. The maximum Gasteiger partial charge on any atom is 0.159 e. The second-order valence-electron chi connectivity index (χ2n) is 4.37. The van der Waals surface area contributed by atoms with Crippen molar-refractivity contribution in [2.24, 2.45) is 5.84 Å². The molecule has 20 heavy (non-hydrogen) atoms. The van der Waals surface area contributed by atoms with Crippen LogP contribution in [-0.4, -0.2) is 0 Å². The summed E-state index contributed by atoms with van der Waals surface area (Å²) in [5, 5.41) is 0. The van der Waals surface area contributed by atoms with Gasteiger partial charge in [-0.1, -0.05) is 6.07 Å². The number of nitrogens with one attached hydrogen (secondary N) is 1. The zero-order valence-electron chi connectivity index (χ0n) is 10.3. The Balaban J connectivity index is 2.26. The van der Waals surface area contributed by atoms with E-state index in [-0.39, 0.29) is 6.42 Å². The molecular weight excluding hydrogens is 272 g/mol. The maximum atomic E-state index is 13.2. The van der Waals surface area contributed by atoms with Crippen molar-refractivity contribution < 1.29 is 17.6 Å². The van der Waals surface area contributed by atoms with Gasteiger partial charge in [0.25, 0.3) is 0 Å². The molecule has 6 heteroatoms. The number of rotatable bonds is 4. The van der Waals surface area contributed by atoms with Gasteiger partial charge in [0.1, 0.15) is 11.6 Å². The van der Waals surface area contributed by atoms with Crippen LogP contribution in [0.2, 0.25) is 0 Å². The van der Waals surface area contributed by atoms with Crippen molar-refractivity contribution in [2.75, 3.05) is 0 Å². The van der Waals surface area contributed by atoms with Gasteiger partial charge in [-0.15, -0.1) is 0 Å². The predicted octanol–water partition coefficient (Wildman–Crippen LogP) is 2.99. The van der Waals surface area contributed by atoms with Gasteiger partial charge in [0.2, 0.25) is 0 Å².